The third-order valence-electron chi connectivity index (χ3n) is 8.87. The second kappa shape index (κ2) is 4.83. The van der Waals surface area contributed by atoms with Gasteiger partial charge in [0.2, 0.25) is 0 Å². The number of ketones is 1. The van der Waals surface area contributed by atoms with E-state index in [-0.39, 0.29) is 34.6 Å². The summed E-state index contributed by atoms with van der Waals surface area (Å²) < 4.78 is 0. The lowest BCUT2D eigenvalue weighted by Gasteiger charge is -2.64. The van der Waals surface area contributed by atoms with E-state index in [2.05, 4.69) is 20.8 Å². The molecule has 0 aromatic rings. The van der Waals surface area contributed by atoms with E-state index in [1.807, 2.05) is 0 Å². The predicted molar refractivity (Wildman–Crippen MR) is 90.2 cm³/mol. The Bertz CT molecular complexity index is 572. The smallest absolute Gasteiger partial charge is 0.162 e. The minimum Gasteiger partial charge on any atom is -0.393 e. The van der Waals surface area contributed by atoms with E-state index >= 15 is 0 Å². The van der Waals surface area contributed by atoms with Crippen molar-refractivity contribution < 1.29 is 20.1 Å². The fourth-order valence-corrected chi connectivity index (χ4v) is 7.95. The molecule has 4 nitrogen and oxygen atoms in total. The Hall–Kier alpha value is -0.450. The Morgan fingerprint density at radius 2 is 1.83 bits per heavy atom. The molecular weight excluding hydrogens is 304 g/mol. The average molecular weight is 336 g/mol. The number of carbonyl (C=O) groups excluding carboxylic acids is 1. The maximum atomic E-state index is 12.6. The molecule has 0 saturated heterocycles. The molecule has 0 heterocycles. The first-order chi connectivity index (χ1) is 11.1. The molecule has 7 atom stereocenters. The maximum Gasteiger partial charge on any atom is 0.162 e. The van der Waals surface area contributed by atoms with E-state index < -0.39 is 11.7 Å². The van der Waals surface area contributed by atoms with Crippen LogP contribution in [-0.2, 0) is 4.79 Å². The van der Waals surface area contributed by atoms with Gasteiger partial charge in [0.1, 0.15) is 6.10 Å². The summed E-state index contributed by atoms with van der Waals surface area (Å²) in [6.07, 6.45) is 5.36. The standard InChI is InChI=1S/C20H32O4/c1-17(2)14-6-7-19-8-12(20(24,10-19)11-21)4-5-15(19)18(14,3)9-13(22)16(17)23/h12,14-16,21,23-24H,4-11H2,1-3H3/t12-,14+,15-,16+,18+,19-,20+/m0/s1. The van der Waals surface area contributed by atoms with E-state index in [1.54, 1.807) is 0 Å². The number of fused-ring (bicyclic) bond motifs is 3. The summed E-state index contributed by atoms with van der Waals surface area (Å²) in [6, 6.07) is 0. The summed E-state index contributed by atoms with van der Waals surface area (Å²) in [5.41, 5.74) is -1.33. The number of carbonyl (C=O) groups is 1. The largest absolute Gasteiger partial charge is 0.393 e. The fourth-order valence-electron chi connectivity index (χ4n) is 7.95. The van der Waals surface area contributed by atoms with Crippen molar-refractivity contribution in [2.45, 2.75) is 77.4 Å². The molecule has 4 aliphatic carbocycles. The van der Waals surface area contributed by atoms with Gasteiger partial charge in [-0.2, -0.15) is 0 Å². The van der Waals surface area contributed by atoms with Gasteiger partial charge in [-0.25, -0.2) is 0 Å². The molecule has 4 heteroatoms. The molecule has 1 spiro atoms. The molecule has 4 fully saturated rings. The number of Topliss-reactive ketones (excluding diaryl/α,β-unsaturated/α-hetero) is 1. The third-order valence-corrected chi connectivity index (χ3v) is 8.87. The van der Waals surface area contributed by atoms with Crippen LogP contribution in [0.1, 0.15) is 65.7 Å². The zero-order valence-corrected chi connectivity index (χ0v) is 15.2. The van der Waals surface area contributed by atoms with Gasteiger partial charge in [-0.1, -0.05) is 20.8 Å². The number of hydrogen-bond acceptors (Lipinski definition) is 4. The third kappa shape index (κ3) is 1.88. The van der Waals surface area contributed by atoms with Crippen molar-refractivity contribution in [1.29, 1.82) is 0 Å². The lowest BCUT2D eigenvalue weighted by Crippen LogP contribution is -2.62. The molecule has 0 aromatic heterocycles. The molecule has 4 rings (SSSR count). The Morgan fingerprint density at radius 3 is 2.50 bits per heavy atom. The molecule has 4 aliphatic rings. The van der Waals surface area contributed by atoms with Crippen LogP contribution in [0, 0.1) is 34.0 Å². The average Bonchev–Trinajstić information content (AvgIpc) is 2.72. The highest BCUT2D eigenvalue weighted by atomic mass is 16.3. The molecule has 136 valence electrons. The monoisotopic (exact) mass is 336 g/mol. The number of rotatable bonds is 1. The van der Waals surface area contributed by atoms with Gasteiger partial charge < -0.3 is 15.3 Å². The second-order valence-corrected chi connectivity index (χ2v) is 10.3. The van der Waals surface area contributed by atoms with Crippen molar-refractivity contribution in [3.63, 3.8) is 0 Å². The molecule has 0 radical (unpaired) electrons. The summed E-state index contributed by atoms with van der Waals surface area (Å²) in [6.45, 7) is 6.24. The second-order valence-electron chi connectivity index (χ2n) is 10.3. The van der Waals surface area contributed by atoms with Gasteiger partial charge in [0.25, 0.3) is 0 Å². The Morgan fingerprint density at radius 1 is 1.12 bits per heavy atom. The van der Waals surface area contributed by atoms with Crippen LogP contribution in [-0.4, -0.2) is 39.4 Å². The lowest BCUT2D eigenvalue weighted by molar-refractivity contribution is -0.186. The topological polar surface area (TPSA) is 77.8 Å². The molecule has 0 aromatic carbocycles. The highest BCUT2D eigenvalue weighted by Gasteiger charge is 2.68. The summed E-state index contributed by atoms with van der Waals surface area (Å²) >= 11 is 0. The molecule has 2 bridgehead atoms. The van der Waals surface area contributed by atoms with Gasteiger partial charge in [-0.15, -0.1) is 0 Å². The van der Waals surface area contributed by atoms with Gasteiger partial charge >= 0.3 is 0 Å². The fraction of sp³-hybridized carbons (Fsp3) is 0.950. The van der Waals surface area contributed by atoms with Crippen LogP contribution in [0.25, 0.3) is 0 Å². The van der Waals surface area contributed by atoms with Crippen LogP contribution in [0.3, 0.4) is 0 Å². The van der Waals surface area contributed by atoms with Gasteiger partial charge in [0.15, 0.2) is 5.78 Å². The summed E-state index contributed by atoms with van der Waals surface area (Å²) in [7, 11) is 0. The SMILES string of the molecule is CC1(C)[C@H](O)C(=O)C[C@]2(C)[C@@H]1CC[C@@]13C[C@H](CC[C@H]12)[C@](O)(CO)C3. The van der Waals surface area contributed by atoms with Crippen LogP contribution in [0.5, 0.6) is 0 Å². The zero-order valence-electron chi connectivity index (χ0n) is 15.2. The highest BCUT2D eigenvalue weighted by molar-refractivity contribution is 5.85. The van der Waals surface area contributed by atoms with E-state index in [0.29, 0.717) is 24.7 Å². The van der Waals surface area contributed by atoms with Gasteiger partial charge in [-0.05, 0) is 67.1 Å². The maximum absolute atomic E-state index is 12.6. The summed E-state index contributed by atoms with van der Waals surface area (Å²) in [5.74, 6) is 0.953. The van der Waals surface area contributed by atoms with Crippen molar-refractivity contribution in [3.8, 4) is 0 Å². The molecule has 0 aliphatic heterocycles. The molecule has 0 unspecified atom stereocenters. The number of aliphatic hydroxyl groups excluding tert-OH is 2. The van der Waals surface area contributed by atoms with Crippen molar-refractivity contribution in [1.82, 2.24) is 0 Å². The van der Waals surface area contributed by atoms with Gasteiger partial charge in [0.05, 0.1) is 12.2 Å². The minimum absolute atomic E-state index is 0.00617. The van der Waals surface area contributed by atoms with E-state index in [4.69, 9.17) is 0 Å². The Balaban J connectivity index is 1.75. The quantitative estimate of drug-likeness (QED) is 0.686. The predicted octanol–water partition coefficient (Wildman–Crippen LogP) is 2.29. The molecule has 24 heavy (non-hydrogen) atoms. The van der Waals surface area contributed by atoms with Crippen LogP contribution < -0.4 is 0 Å². The normalized spacial score (nSPS) is 55.8. The minimum atomic E-state index is -0.925. The lowest BCUT2D eigenvalue weighted by atomic mass is 9.40. The first kappa shape index (κ1) is 17.0. The molecule has 0 amide bonds. The Labute approximate surface area is 144 Å². The molecular formula is C20H32O4. The Kier molecular flexibility index (Phi) is 3.42. The zero-order chi connectivity index (χ0) is 17.5. The van der Waals surface area contributed by atoms with Crippen molar-refractivity contribution >= 4 is 5.78 Å². The van der Waals surface area contributed by atoms with Crippen LogP contribution in [0.4, 0.5) is 0 Å². The highest BCUT2D eigenvalue weighted by Crippen LogP contribution is 2.72. The van der Waals surface area contributed by atoms with Crippen LogP contribution >= 0.6 is 0 Å². The summed E-state index contributed by atoms with van der Waals surface area (Å²) in [5, 5.41) is 31.2. The van der Waals surface area contributed by atoms with Crippen molar-refractivity contribution in [2.75, 3.05) is 6.61 Å². The van der Waals surface area contributed by atoms with Crippen LogP contribution in [0.2, 0.25) is 0 Å². The van der Waals surface area contributed by atoms with E-state index in [1.165, 1.54) is 0 Å². The summed E-state index contributed by atoms with van der Waals surface area (Å²) in [4.78, 5) is 12.6. The van der Waals surface area contributed by atoms with E-state index in [9.17, 15) is 20.1 Å². The molecule has 3 N–H and O–H groups in total. The van der Waals surface area contributed by atoms with Crippen LogP contribution in [0.15, 0.2) is 0 Å². The number of hydrogen-bond donors (Lipinski definition) is 3. The first-order valence-electron chi connectivity index (χ1n) is 9.63. The van der Waals surface area contributed by atoms with Gasteiger partial charge in [-0.3, -0.25) is 4.79 Å². The number of aliphatic hydroxyl groups is 3. The van der Waals surface area contributed by atoms with Crippen molar-refractivity contribution in [3.05, 3.63) is 0 Å². The first-order valence-corrected chi connectivity index (χ1v) is 9.63. The molecule has 4 saturated carbocycles. The van der Waals surface area contributed by atoms with Gasteiger partial charge in [0, 0.05) is 11.8 Å². The van der Waals surface area contributed by atoms with Crippen molar-refractivity contribution in [2.24, 2.45) is 34.0 Å². The van der Waals surface area contributed by atoms with E-state index in [0.717, 1.165) is 32.1 Å².